The van der Waals surface area contributed by atoms with Crippen molar-refractivity contribution in [2.24, 2.45) is 4.99 Å². The molecule has 5 heteroatoms. The zero-order valence-corrected chi connectivity index (χ0v) is 14.5. The van der Waals surface area contributed by atoms with Gasteiger partial charge >= 0.3 is 0 Å². The predicted molar refractivity (Wildman–Crippen MR) is 91.9 cm³/mol. The maximum atomic E-state index is 11.9. The number of nitrogens with zero attached hydrogens (tertiary/aromatic N) is 2. The molecule has 0 aliphatic rings. The van der Waals surface area contributed by atoms with Crippen molar-refractivity contribution in [1.82, 2.24) is 15.5 Å². The summed E-state index contributed by atoms with van der Waals surface area (Å²) < 4.78 is 0. The standard InChI is InChI=1S/C17H28N4O/c1-13-7-9-14(10-8-13)12-21(6)16(18-5)19-11-15(22)20-17(2,3)4/h7-10H,11-12H2,1-6H3,(H,18,19)(H,20,22). The maximum absolute atomic E-state index is 11.9. The molecule has 0 bridgehead atoms. The van der Waals surface area contributed by atoms with Crippen molar-refractivity contribution in [2.75, 3.05) is 20.6 Å². The first-order valence-electron chi connectivity index (χ1n) is 7.49. The molecular weight excluding hydrogens is 276 g/mol. The van der Waals surface area contributed by atoms with Crippen LogP contribution in [0.1, 0.15) is 31.9 Å². The topological polar surface area (TPSA) is 56.7 Å². The summed E-state index contributed by atoms with van der Waals surface area (Å²) in [6.07, 6.45) is 0. The Morgan fingerprint density at radius 2 is 1.82 bits per heavy atom. The minimum atomic E-state index is -0.226. The van der Waals surface area contributed by atoms with Crippen molar-refractivity contribution in [3.8, 4) is 0 Å². The molecule has 0 aliphatic heterocycles. The molecule has 0 spiro atoms. The average molecular weight is 304 g/mol. The van der Waals surface area contributed by atoms with Gasteiger partial charge in [-0.2, -0.15) is 0 Å². The summed E-state index contributed by atoms with van der Waals surface area (Å²) in [6.45, 7) is 8.90. The Balaban J connectivity index is 2.53. The third-order valence-electron chi connectivity index (χ3n) is 3.04. The molecule has 0 saturated heterocycles. The SMILES string of the molecule is CN=C(NCC(=O)NC(C)(C)C)N(C)Cc1ccc(C)cc1. The summed E-state index contributed by atoms with van der Waals surface area (Å²) >= 11 is 0. The van der Waals surface area contributed by atoms with Crippen molar-refractivity contribution in [2.45, 2.75) is 39.8 Å². The number of carbonyl (C=O) groups excluding carboxylic acids is 1. The number of benzene rings is 1. The molecular formula is C17H28N4O. The first kappa shape index (κ1) is 18.0. The molecule has 0 heterocycles. The van der Waals surface area contributed by atoms with Gasteiger partial charge in [0.05, 0.1) is 6.54 Å². The van der Waals surface area contributed by atoms with Gasteiger partial charge in [0, 0.05) is 26.2 Å². The van der Waals surface area contributed by atoms with Gasteiger partial charge in [0.25, 0.3) is 0 Å². The van der Waals surface area contributed by atoms with E-state index in [1.807, 2.05) is 32.7 Å². The molecule has 122 valence electrons. The Hall–Kier alpha value is -2.04. The molecule has 5 nitrogen and oxygen atoms in total. The van der Waals surface area contributed by atoms with Crippen molar-refractivity contribution in [3.05, 3.63) is 35.4 Å². The van der Waals surface area contributed by atoms with Crippen LogP contribution in [0.2, 0.25) is 0 Å². The van der Waals surface area contributed by atoms with Crippen LogP contribution in [-0.4, -0.2) is 42.9 Å². The summed E-state index contributed by atoms with van der Waals surface area (Å²) in [4.78, 5) is 18.1. The zero-order valence-electron chi connectivity index (χ0n) is 14.5. The normalized spacial score (nSPS) is 12.0. The second kappa shape index (κ2) is 7.82. The lowest BCUT2D eigenvalue weighted by Gasteiger charge is -2.24. The van der Waals surface area contributed by atoms with E-state index in [-0.39, 0.29) is 18.0 Å². The highest BCUT2D eigenvalue weighted by Gasteiger charge is 2.14. The van der Waals surface area contributed by atoms with E-state index in [0.717, 1.165) is 6.54 Å². The molecule has 2 N–H and O–H groups in total. The highest BCUT2D eigenvalue weighted by atomic mass is 16.2. The van der Waals surface area contributed by atoms with Crippen molar-refractivity contribution >= 4 is 11.9 Å². The summed E-state index contributed by atoms with van der Waals surface area (Å²) in [5.74, 6) is 0.655. The van der Waals surface area contributed by atoms with Crippen LogP contribution >= 0.6 is 0 Å². The number of rotatable bonds is 4. The molecule has 0 saturated carbocycles. The third kappa shape index (κ3) is 6.61. The van der Waals surface area contributed by atoms with E-state index in [0.29, 0.717) is 5.96 Å². The summed E-state index contributed by atoms with van der Waals surface area (Å²) in [5.41, 5.74) is 2.22. The van der Waals surface area contributed by atoms with Crippen molar-refractivity contribution in [3.63, 3.8) is 0 Å². The van der Waals surface area contributed by atoms with Gasteiger partial charge < -0.3 is 15.5 Å². The van der Waals surface area contributed by atoms with Gasteiger partial charge in [0.15, 0.2) is 5.96 Å². The van der Waals surface area contributed by atoms with Crippen LogP contribution in [-0.2, 0) is 11.3 Å². The van der Waals surface area contributed by atoms with E-state index in [2.05, 4.69) is 46.8 Å². The lowest BCUT2D eigenvalue weighted by molar-refractivity contribution is -0.121. The molecule has 0 aliphatic carbocycles. The second-order valence-corrected chi connectivity index (χ2v) is 6.54. The first-order valence-corrected chi connectivity index (χ1v) is 7.49. The van der Waals surface area contributed by atoms with Crippen LogP contribution in [0, 0.1) is 6.92 Å². The Labute approximate surface area is 133 Å². The number of carbonyl (C=O) groups is 1. The van der Waals surface area contributed by atoms with Crippen LogP contribution in [0.5, 0.6) is 0 Å². The smallest absolute Gasteiger partial charge is 0.239 e. The number of nitrogens with one attached hydrogen (secondary N) is 2. The Morgan fingerprint density at radius 3 is 2.32 bits per heavy atom. The highest BCUT2D eigenvalue weighted by Crippen LogP contribution is 2.06. The molecule has 22 heavy (non-hydrogen) atoms. The molecule has 1 aromatic rings. The molecule has 1 rings (SSSR count). The van der Waals surface area contributed by atoms with E-state index >= 15 is 0 Å². The van der Waals surface area contributed by atoms with Gasteiger partial charge in [-0.3, -0.25) is 9.79 Å². The summed E-state index contributed by atoms with van der Waals surface area (Å²) in [6, 6.07) is 8.39. The first-order chi connectivity index (χ1) is 10.2. The van der Waals surface area contributed by atoms with Gasteiger partial charge in [-0.25, -0.2) is 0 Å². The highest BCUT2D eigenvalue weighted by molar-refractivity contribution is 5.86. The van der Waals surface area contributed by atoms with E-state index in [9.17, 15) is 4.79 Å². The van der Waals surface area contributed by atoms with Gasteiger partial charge in [0.1, 0.15) is 0 Å². The largest absolute Gasteiger partial charge is 0.350 e. The molecule has 0 atom stereocenters. The molecule has 0 fully saturated rings. The number of hydrogen-bond acceptors (Lipinski definition) is 2. The molecule has 0 radical (unpaired) electrons. The summed E-state index contributed by atoms with van der Waals surface area (Å²) in [5, 5.41) is 6.01. The van der Waals surface area contributed by atoms with E-state index < -0.39 is 0 Å². The van der Waals surface area contributed by atoms with Crippen LogP contribution in [0.15, 0.2) is 29.3 Å². The zero-order chi connectivity index (χ0) is 16.8. The number of hydrogen-bond donors (Lipinski definition) is 2. The van der Waals surface area contributed by atoms with Crippen LogP contribution in [0.4, 0.5) is 0 Å². The molecule has 1 aromatic carbocycles. The fraction of sp³-hybridized carbons (Fsp3) is 0.529. The molecule has 0 aromatic heterocycles. The van der Waals surface area contributed by atoms with Crippen LogP contribution < -0.4 is 10.6 Å². The van der Waals surface area contributed by atoms with Gasteiger partial charge in [-0.05, 0) is 33.3 Å². The monoisotopic (exact) mass is 304 g/mol. The minimum absolute atomic E-state index is 0.0441. The summed E-state index contributed by atoms with van der Waals surface area (Å²) in [7, 11) is 3.67. The van der Waals surface area contributed by atoms with E-state index in [1.54, 1.807) is 7.05 Å². The van der Waals surface area contributed by atoms with Gasteiger partial charge in [-0.15, -0.1) is 0 Å². The molecule has 0 unspecified atom stereocenters. The lowest BCUT2D eigenvalue weighted by atomic mass is 10.1. The maximum Gasteiger partial charge on any atom is 0.239 e. The van der Waals surface area contributed by atoms with Crippen LogP contribution in [0.25, 0.3) is 0 Å². The number of guanidine groups is 1. The number of amides is 1. The predicted octanol–water partition coefficient (Wildman–Crippen LogP) is 1.92. The lowest BCUT2D eigenvalue weighted by Crippen LogP contribution is -2.48. The fourth-order valence-corrected chi connectivity index (χ4v) is 2.05. The average Bonchev–Trinajstić information content (AvgIpc) is 2.40. The second-order valence-electron chi connectivity index (χ2n) is 6.54. The fourth-order valence-electron chi connectivity index (χ4n) is 2.05. The van der Waals surface area contributed by atoms with Gasteiger partial charge in [-0.1, -0.05) is 29.8 Å². The number of aryl methyl sites for hydroxylation is 1. The van der Waals surface area contributed by atoms with E-state index in [4.69, 9.17) is 0 Å². The third-order valence-corrected chi connectivity index (χ3v) is 3.04. The molecule has 1 amide bonds. The Morgan fingerprint density at radius 1 is 1.23 bits per heavy atom. The van der Waals surface area contributed by atoms with Gasteiger partial charge in [0.2, 0.25) is 5.91 Å². The van der Waals surface area contributed by atoms with Crippen LogP contribution in [0.3, 0.4) is 0 Å². The van der Waals surface area contributed by atoms with E-state index in [1.165, 1.54) is 11.1 Å². The minimum Gasteiger partial charge on any atom is -0.350 e. The Kier molecular flexibility index (Phi) is 6.40. The van der Waals surface area contributed by atoms with Crippen molar-refractivity contribution in [1.29, 1.82) is 0 Å². The quantitative estimate of drug-likeness (QED) is 0.660. The number of aliphatic imine (C=N–C) groups is 1. The van der Waals surface area contributed by atoms with Crippen molar-refractivity contribution < 1.29 is 4.79 Å². The Bertz CT molecular complexity index is 514.